The molecule has 3 atom stereocenters. The molecule has 1 aliphatic heterocycles. The van der Waals surface area contributed by atoms with Gasteiger partial charge in [-0.25, -0.2) is 9.18 Å². The first-order chi connectivity index (χ1) is 12.1. The Morgan fingerprint density at radius 3 is 2.92 bits per heavy atom. The Morgan fingerprint density at radius 1 is 1.36 bits per heavy atom. The zero-order valence-electron chi connectivity index (χ0n) is 14.3. The second-order valence-corrected chi connectivity index (χ2v) is 7.57. The highest BCUT2D eigenvalue weighted by atomic mass is 19.1. The molecule has 1 aromatic carbocycles. The van der Waals surface area contributed by atoms with Crippen LogP contribution in [0.25, 0.3) is 0 Å². The SMILES string of the molecule is O=C(NCc1ccc(F)c(CO)c1)NC1C2CCOC2C12CCCC2. The Balaban J connectivity index is 1.36. The lowest BCUT2D eigenvalue weighted by Crippen LogP contribution is -2.69. The van der Waals surface area contributed by atoms with E-state index in [-0.39, 0.29) is 29.7 Å². The van der Waals surface area contributed by atoms with E-state index in [2.05, 4.69) is 10.6 Å². The number of urea groups is 1. The van der Waals surface area contributed by atoms with Crippen LogP contribution in [0.3, 0.4) is 0 Å². The zero-order valence-corrected chi connectivity index (χ0v) is 14.3. The Bertz CT molecular complexity index is 660. The molecule has 3 aliphatic rings. The number of hydrogen-bond acceptors (Lipinski definition) is 3. The summed E-state index contributed by atoms with van der Waals surface area (Å²) in [7, 11) is 0. The lowest BCUT2D eigenvalue weighted by molar-refractivity contribution is -0.126. The third kappa shape index (κ3) is 2.81. The molecule has 25 heavy (non-hydrogen) atoms. The van der Waals surface area contributed by atoms with Crippen molar-refractivity contribution in [1.29, 1.82) is 0 Å². The molecule has 2 saturated carbocycles. The Morgan fingerprint density at radius 2 is 2.16 bits per heavy atom. The lowest BCUT2D eigenvalue weighted by Gasteiger charge is -2.56. The molecule has 2 aliphatic carbocycles. The Kier molecular flexibility index (Phi) is 4.41. The number of nitrogens with one attached hydrogen (secondary N) is 2. The van der Waals surface area contributed by atoms with Crippen LogP contribution in [0, 0.1) is 17.2 Å². The smallest absolute Gasteiger partial charge is 0.315 e. The van der Waals surface area contributed by atoms with Crippen LogP contribution in [0.1, 0.15) is 43.2 Å². The highest BCUT2D eigenvalue weighted by Gasteiger charge is 2.65. The topological polar surface area (TPSA) is 70.6 Å². The minimum Gasteiger partial charge on any atom is -0.392 e. The quantitative estimate of drug-likeness (QED) is 0.783. The van der Waals surface area contributed by atoms with Gasteiger partial charge in [-0.15, -0.1) is 0 Å². The van der Waals surface area contributed by atoms with E-state index in [0.717, 1.165) is 31.4 Å². The summed E-state index contributed by atoms with van der Waals surface area (Å²) in [4.78, 5) is 12.4. The normalized spacial score (nSPS) is 29.3. The fraction of sp³-hybridized carbons (Fsp3) is 0.632. The summed E-state index contributed by atoms with van der Waals surface area (Å²) in [5.74, 6) is 0.0104. The van der Waals surface area contributed by atoms with Gasteiger partial charge in [-0.2, -0.15) is 0 Å². The van der Waals surface area contributed by atoms with E-state index in [1.54, 1.807) is 12.1 Å². The van der Waals surface area contributed by atoms with Crippen LogP contribution >= 0.6 is 0 Å². The van der Waals surface area contributed by atoms with Crippen LogP contribution in [0.4, 0.5) is 9.18 Å². The first-order valence-electron chi connectivity index (χ1n) is 9.18. The first-order valence-corrected chi connectivity index (χ1v) is 9.18. The molecule has 5 nitrogen and oxygen atoms in total. The van der Waals surface area contributed by atoms with Gasteiger partial charge in [0.15, 0.2) is 0 Å². The maximum absolute atomic E-state index is 13.4. The molecule has 3 fully saturated rings. The predicted molar refractivity (Wildman–Crippen MR) is 90.2 cm³/mol. The van der Waals surface area contributed by atoms with Crippen LogP contribution in [0.15, 0.2) is 18.2 Å². The summed E-state index contributed by atoms with van der Waals surface area (Å²) in [5.41, 5.74) is 1.15. The highest BCUT2D eigenvalue weighted by Crippen LogP contribution is 2.60. The second-order valence-electron chi connectivity index (χ2n) is 7.57. The maximum atomic E-state index is 13.4. The van der Waals surface area contributed by atoms with E-state index in [1.807, 2.05) is 0 Å². The molecule has 0 aromatic heterocycles. The van der Waals surface area contributed by atoms with E-state index in [4.69, 9.17) is 9.84 Å². The molecule has 1 spiro atoms. The standard InChI is InChI=1S/C19H25FN2O3/c20-15-4-3-12(9-13(15)11-23)10-21-18(24)22-16-14-5-8-25-17(14)19(16)6-1-2-7-19/h3-4,9,14,16-17,23H,1-2,5-8,10-11H2,(H2,21,22,24). The van der Waals surface area contributed by atoms with Crippen molar-refractivity contribution in [3.05, 3.63) is 35.1 Å². The average molecular weight is 348 g/mol. The van der Waals surface area contributed by atoms with Gasteiger partial charge in [0, 0.05) is 36.1 Å². The number of benzene rings is 1. The zero-order chi connectivity index (χ0) is 17.4. The molecule has 3 N–H and O–H groups in total. The molecular weight excluding hydrogens is 323 g/mol. The molecule has 0 radical (unpaired) electrons. The third-order valence-corrected chi connectivity index (χ3v) is 6.31. The number of rotatable bonds is 4. The van der Waals surface area contributed by atoms with Gasteiger partial charge < -0.3 is 20.5 Å². The van der Waals surface area contributed by atoms with Crippen LogP contribution in [-0.2, 0) is 17.9 Å². The number of carbonyl (C=O) groups excluding carboxylic acids is 1. The summed E-state index contributed by atoms with van der Waals surface area (Å²) >= 11 is 0. The maximum Gasteiger partial charge on any atom is 0.315 e. The van der Waals surface area contributed by atoms with Crippen molar-refractivity contribution in [3.63, 3.8) is 0 Å². The number of halogens is 1. The van der Waals surface area contributed by atoms with Crippen molar-refractivity contribution in [2.75, 3.05) is 6.61 Å². The van der Waals surface area contributed by atoms with Crippen molar-refractivity contribution in [2.24, 2.45) is 11.3 Å². The van der Waals surface area contributed by atoms with E-state index in [9.17, 15) is 9.18 Å². The molecule has 0 bridgehead atoms. The van der Waals surface area contributed by atoms with Crippen molar-refractivity contribution in [1.82, 2.24) is 10.6 Å². The van der Waals surface area contributed by atoms with Crippen LogP contribution in [-0.4, -0.2) is 29.9 Å². The minimum absolute atomic E-state index is 0.137. The minimum atomic E-state index is -0.430. The van der Waals surface area contributed by atoms with Gasteiger partial charge in [0.25, 0.3) is 0 Å². The molecule has 6 heteroatoms. The van der Waals surface area contributed by atoms with E-state index in [0.29, 0.717) is 18.6 Å². The number of hydrogen-bond donors (Lipinski definition) is 3. The largest absolute Gasteiger partial charge is 0.392 e. The van der Waals surface area contributed by atoms with E-state index in [1.165, 1.54) is 18.9 Å². The van der Waals surface area contributed by atoms with Gasteiger partial charge >= 0.3 is 6.03 Å². The molecule has 1 saturated heterocycles. The molecule has 1 heterocycles. The fourth-order valence-corrected chi connectivity index (χ4v) is 5.14. The van der Waals surface area contributed by atoms with Gasteiger partial charge in [-0.1, -0.05) is 18.9 Å². The van der Waals surface area contributed by atoms with Crippen molar-refractivity contribution in [2.45, 2.75) is 57.4 Å². The molecule has 4 rings (SSSR count). The van der Waals surface area contributed by atoms with Crippen LogP contribution < -0.4 is 10.6 Å². The van der Waals surface area contributed by atoms with Gasteiger partial charge in [0.1, 0.15) is 5.82 Å². The van der Waals surface area contributed by atoms with Gasteiger partial charge in [0.05, 0.1) is 12.7 Å². The van der Waals surface area contributed by atoms with Crippen molar-refractivity contribution >= 4 is 6.03 Å². The number of ether oxygens (including phenoxy) is 1. The van der Waals surface area contributed by atoms with Gasteiger partial charge in [-0.3, -0.25) is 0 Å². The highest BCUT2D eigenvalue weighted by molar-refractivity contribution is 5.74. The van der Waals surface area contributed by atoms with Crippen molar-refractivity contribution < 1.29 is 19.0 Å². The Hall–Kier alpha value is -1.66. The summed E-state index contributed by atoms with van der Waals surface area (Å²) in [6.45, 7) is 0.763. The lowest BCUT2D eigenvalue weighted by atomic mass is 9.54. The summed E-state index contributed by atoms with van der Waals surface area (Å²) in [6, 6.07) is 4.54. The number of amides is 2. The third-order valence-electron chi connectivity index (χ3n) is 6.31. The Labute approximate surface area is 146 Å². The molecule has 1 aromatic rings. The van der Waals surface area contributed by atoms with E-state index >= 15 is 0 Å². The van der Waals surface area contributed by atoms with E-state index < -0.39 is 5.82 Å². The number of carbonyl (C=O) groups is 1. The number of fused-ring (bicyclic) bond motifs is 2. The van der Waals surface area contributed by atoms with Crippen LogP contribution in [0.5, 0.6) is 0 Å². The van der Waals surface area contributed by atoms with Gasteiger partial charge in [0.2, 0.25) is 0 Å². The van der Waals surface area contributed by atoms with Gasteiger partial charge in [-0.05, 0) is 37.0 Å². The second kappa shape index (κ2) is 6.57. The molecule has 136 valence electrons. The molecular formula is C19H25FN2O3. The summed E-state index contributed by atoms with van der Waals surface area (Å²) < 4.78 is 19.4. The van der Waals surface area contributed by atoms with Crippen molar-refractivity contribution in [3.8, 4) is 0 Å². The summed E-state index contributed by atoms with van der Waals surface area (Å²) in [5, 5.41) is 15.2. The predicted octanol–water partition coefficient (Wildman–Crippen LogP) is 2.46. The fourth-order valence-electron chi connectivity index (χ4n) is 5.14. The first kappa shape index (κ1) is 16.8. The molecule has 3 unspecified atom stereocenters. The molecule has 2 amide bonds. The monoisotopic (exact) mass is 348 g/mol. The average Bonchev–Trinajstić information content (AvgIpc) is 3.27. The van der Waals surface area contributed by atoms with Crippen LogP contribution in [0.2, 0.25) is 0 Å². The number of aliphatic hydroxyl groups is 1. The summed E-state index contributed by atoms with van der Waals surface area (Å²) in [6.07, 6.45) is 6.05. The number of aliphatic hydroxyl groups excluding tert-OH is 1.